The second-order valence-corrected chi connectivity index (χ2v) is 4.19. The van der Waals surface area contributed by atoms with Gasteiger partial charge in [-0.05, 0) is 20.3 Å². The molecule has 16 heavy (non-hydrogen) atoms. The van der Waals surface area contributed by atoms with Gasteiger partial charge in [-0.2, -0.15) is 5.10 Å². The summed E-state index contributed by atoms with van der Waals surface area (Å²) in [6, 6.07) is 0.396. The van der Waals surface area contributed by atoms with E-state index in [1.807, 2.05) is 21.0 Å². The molecule has 0 spiro atoms. The molecule has 1 aromatic rings. The van der Waals surface area contributed by atoms with E-state index in [2.05, 4.69) is 23.8 Å². The van der Waals surface area contributed by atoms with Crippen molar-refractivity contribution in [3.8, 4) is 0 Å². The smallest absolute Gasteiger partial charge is 0.137 e. The van der Waals surface area contributed by atoms with Crippen LogP contribution in [0.1, 0.15) is 31.5 Å². The monoisotopic (exact) mass is 223 g/mol. The average Bonchev–Trinajstić information content (AvgIpc) is 2.51. The van der Waals surface area contributed by atoms with Crippen molar-refractivity contribution in [3.05, 3.63) is 11.3 Å². The SMILES string of the molecule is CCC(C)N(C)c1c(C(=N)N)c(C)nn1C. The lowest BCUT2D eigenvalue weighted by Crippen LogP contribution is -2.31. The van der Waals surface area contributed by atoms with Crippen LogP contribution >= 0.6 is 0 Å². The van der Waals surface area contributed by atoms with Gasteiger partial charge in [0, 0.05) is 20.1 Å². The molecule has 0 aliphatic heterocycles. The highest BCUT2D eigenvalue weighted by Gasteiger charge is 2.21. The van der Waals surface area contributed by atoms with Crippen molar-refractivity contribution in [1.29, 1.82) is 5.41 Å². The zero-order valence-corrected chi connectivity index (χ0v) is 10.7. The molecule has 0 saturated heterocycles. The number of nitrogens with one attached hydrogen (secondary N) is 1. The first-order valence-electron chi connectivity index (χ1n) is 5.50. The number of nitrogen functional groups attached to an aromatic ring is 1. The van der Waals surface area contributed by atoms with E-state index >= 15 is 0 Å². The molecule has 0 fully saturated rings. The highest BCUT2D eigenvalue weighted by molar-refractivity contribution is 6.00. The van der Waals surface area contributed by atoms with Crippen LogP contribution in [-0.4, -0.2) is 28.7 Å². The Balaban J connectivity index is 3.26. The van der Waals surface area contributed by atoms with Crippen molar-refractivity contribution in [3.63, 3.8) is 0 Å². The fourth-order valence-corrected chi connectivity index (χ4v) is 1.85. The third kappa shape index (κ3) is 2.03. The van der Waals surface area contributed by atoms with Crippen LogP contribution < -0.4 is 10.6 Å². The lowest BCUT2D eigenvalue weighted by molar-refractivity contribution is 0.629. The fourth-order valence-electron chi connectivity index (χ4n) is 1.85. The molecular formula is C11H21N5. The van der Waals surface area contributed by atoms with Crippen molar-refractivity contribution in [1.82, 2.24) is 9.78 Å². The van der Waals surface area contributed by atoms with Gasteiger partial charge in [-0.3, -0.25) is 10.1 Å². The topological polar surface area (TPSA) is 70.9 Å². The molecule has 0 radical (unpaired) electrons. The van der Waals surface area contributed by atoms with Crippen molar-refractivity contribution >= 4 is 11.7 Å². The first-order valence-corrected chi connectivity index (χ1v) is 5.50. The highest BCUT2D eigenvalue weighted by atomic mass is 15.4. The number of anilines is 1. The predicted molar refractivity (Wildman–Crippen MR) is 67.1 cm³/mol. The number of nitrogens with zero attached hydrogens (tertiary/aromatic N) is 3. The van der Waals surface area contributed by atoms with E-state index in [1.54, 1.807) is 4.68 Å². The van der Waals surface area contributed by atoms with Crippen LogP contribution in [0.5, 0.6) is 0 Å². The number of amidine groups is 1. The summed E-state index contributed by atoms with van der Waals surface area (Å²) in [6.07, 6.45) is 1.04. The predicted octanol–water partition coefficient (Wildman–Crippen LogP) is 1.25. The molecular weight excluding hydrogens is 202 g/mol. The van der Waals surface area contributed by atoms with Crippen LogP contribution in [0.3, 0.4) is 0 Å². The van der Waals surface area contributed by atoms with Crippen molar-refractivity contribution in [2.75, 3.05) is 11.9 Å². The Labute approximate surface area is 96.7 Å². The molecule has 0 aliphatic carbocycles. The van der Waals surface area contributed by atoms with Gasteiger partial charge in [-0.25, -0.2) is 0 Å². The van der Waals surface area contributed by atoms with Crippen LogP contribution in [-0.2, 0) is 7.05 Å². The molecule has 5 heteroatoms. The van der Waals surface area contributed by atoms with Crippen LogP contribution in [0, 0.1) is 12.3 Å². The third-order valence-corrected chi connectivity index (χ3v) is 3.05. The first-order chi connectivity index (χ1) is 7.40. The molecule has 0 amide bonds. The van der Waals surface area contributed by atoms with E-state index in [-0.39, 0.29) is 5.84 Å². The lowest BCUT2D eigenvalue weighted by atomic mass is 10.1. The van der Waals surface area contributed by atoms with Crippen molar-refractivity contribution < 1.29 is 0 Å². The summed E-state index contributed by atoms with van der Waals surface area (Å²) in [5, 5.41) is 11.9. The van der Waals surface area contributed by atoms with Crippen molar-refractivity contribution in [2.45, 2.75) is 33.2 Å². The quantitative estimate of drug-likeness (QED) is 0.596. The average molecular weight is 223 g/mol. The Bertz CT molecular complexity index is 393. The van der Waals surface area contributed by atoms with Gasteiger partial charge in [-0.15, -0.1) is 0 Å². The lowest BCUT2D eigenvalue weighted by Gasteiger charge is -2.26. The summed E-state index contributed by atoms with van der Waals surface area (Å²) in [5.41, 5.74) is 7.16. The minimum absolute atomic E-state index is 0.0794. The van der Waals surface area contributed by atoms with Gasteiger partial charge in [0.15, 0.2) is 0 Å². The highest BCUT2D eigenvalue weighted by Crippen LogP contribution is 2.23. The maximum Gasteiger partial charge on any atom is 0.137 e. The van der Waals surface area contributed by atoms with Gasteiger partial charge >= 0.3 is 0 Å². The minimum atomic E-state index is 0.0794. The first kappa shape index (κ1) is 12.5. The Kier molecular flexibility index (Phi) is 3.57. The summed E-state index contributed by atoms with van der Waals surface area (Å²) in [5.74, 6) is 0.995. The van der Waals surface area contributed by atoms with Gasteiger partial charge in [0.2, 0.25) is 0 Å². The van der Waals surface area contributed by atoms with E-state index in [4.69, 9.17) is 11.1 Å². The number of nitrogens with two attached hydrogens (primary N) is 1. The number of aryl methyl sites for hydroxylation is 2. The minimum Gasteiger partial charge on any atom is -0.384 e. The molecule has 1 unspecified atom stereocenters. The van der Waals surface area contributed by atoms with Crippen molar-refractivity contribution in [2.24, 2.45) is 12.8 Å². The Morgan fingerprint density at radius 3 is 2.62 bits per heavy atom. The molecule has 5 nitrogen and oxygen atoms in total. The molecule has 0 aromatic carbocycles. The molecule has 0 bridgehead atoms. The molecule has 1 aromatic heterocycles. The van der Waals surface area contributed by atoms with Crippen LogP contribution in [0.2, 0.25) is 0 Å². The van der Waals surface area contributed by atoms with Crippen LogP contribution in [0.4, 0.5) is 5.82 Å². The Morgan fingerprint density at radius 2 is 2.19 bits per heavy atom. The molecule has 0 aliphatic rings. The van der Waals surface area contributed by atoms with E-state index in [0.717, 1.165) is 23.5 Å². The Morgan fingerprint density at radius 1 is 1.62 bits per heavy atom. The fraction of sp³-hybridized carbons (Fsp3) is 0.636. The maximum atomic E-state index is 7.62. The summed E-state index contributed by atoms with van der Waals surface area (Å²) in [4.78, 5) is 2.12. The molecule has 3 N–H and O–H groups in total. The maximum absolute atomic E-state index is 7.62. The summed E-state index contributed by atoms with van der Waals surface area (Å²) in [7, 11) is 3.89. The van der Waals surface area contributed by atoms with E-state index in [0.29, 0.717) is 6.04 Å². The number of aromatic nitrogens is 2. The van der Waals surface area contributed by atoms with Crippen LogP contribution in [0.25, 0.3) is 0 Å². The van der Waals surface area contributed by atoms with E-state index in [1.165, 1.54) is 0 Å². The zero-order chi connectivity index (χ0) is 12.5. The summed E-state index contributed by atoms with van der Waals surface area (Å²) < 4.78 is 1.79. The van der Waals surface area contributed by atoms with Gasteiger partial charge in [0.25, 0.3) is 0 Å². The second-order valence-electron chi connectivity index (χ2n) is 4.19. The zero-order valence-electron chi connectivity index (χ0n) is 10.7. The molecule has 1 rings (SSSR count). The third-order valence-electron chi connectivity index (χ3n) is 3.05. The number of hydrogen-bond acceptors (Lipinski definition) is 3. The molecule has 1 atom stereocenters. The molecule has 0 saturated carbocycles. The van der Waals surface area contributed by atoms with Gasteiger partial charge < -0.3 is 10.6 Å². The molecule has 90 valence electrons. The van der Waals surface area contributed by atoms with Gasteiger partial charge in [0.1, 0.15) is 11.7 Å². The standard InChI is InChI=1S/C11H21N5/c1-6-7(2)15(4)11-9(10(12)13)8(3)14-16(11)5/h7H,6H2,1-5H3,(H3,12,13). The normalized spacial score (nSPS) is 12.6. The summed E-state index contributed by atoms with van der Waals surface area (Å²) >= 11 is 0. The number of hydrogen-bond donors (Lipinski definition) is 2. The molecule has 1 heterocycles. The number of rotatable bonds is 4. The largest absolute Gasteiger partial charge is 0.384 e. The Hall–Kier alpha value is -1.52. The summed E-state index contributed by atoms with van der Waals surface area (Å²) in [6.45, 7) is 6.16. The second kappa shape index (κ2) is 4.55. The van der Waals surface area contributed by atoms with Gasteiger partial charge in [-0.1, -0.05) is 6.92 Å². The van der Waals surface area contributed by atoms with E-state index in [9.17, 15) is 0 Å². The van der Waals surface area contributed by atoms with Crippen LogP contribution in [0.15, 0.2) is 0 Å². The van der Waals surface area contributed by atoms with Gasteiger partial charge in [0.05, 0.1) is 11.3 Å². The van der Waals surface area contributed by atoms with E-state index < -0.39 is 0 Å².